The molecule has 2 aliphatic rings. The minimum Gasteiger partial charge on any atom is -0.299 e. The monoisotopic (exact) mass is 262 g/mol. The lowest BCUT2D eigenvalue weighted by Gasteiger charge is -2.13. The van der Waals surface area contributed by atoms with E-state index >= 15 is 0 Å². The highest BCUT2D eigenvalue weighted by atomic mass is 35.5. The lowest BCUT2D eigenvalue weighted by molar-refractivity contribution is -0.125. The first kappa shape index (κ1) is 12.2. The number of ketones is 1. The van der Waals surface area contributed by atoms with Gasteiger partial charge in [0.1, 0.15) is 5.78 Å². The Morgan fingerprint density at radius 2 is 1.89 bits per heavy atom. The minimum atomic E-state index is 0.0318. The summed E-state index contributed by atoms with van der Waals surface area (Å²) in [6.07, 6.45) is 4.13. The quantitative estimate of drug-likeness (QED) is 0.778. The average molecular weight is 263 g/mol. The van der Waals surface area contributed by atoms with Crippen molar-refractivity contribution >= 4 is 17.4 Å². The molecule has 1 aromatic carbocycles. The van der Waals surface area contributed by atoms with E-state index < -0.39 is 0 Å². The standard InChI is InChI=1S/C16H19ClO/c1-15(2)10-16(15)8-7-12(14(16)18)9-11-3-5-13(17)6-4-11/h3-6,12H,7-10H2,1-2H3. The summed E-state index contributed by atoms with van der Waals surface area (Å²) in [6.45, 7) is 4.46. The van der Waals surface area contributed by atoms with Gasteiger partial charge in [0.05, 0.1) is 0 Å². The lowest BCUT2D eigenvalue weighted by Crippen LogP contribution is -2.20. The first-order chi connectivity index (χ1) is 8.45. The van der Waals surface area contributed by atoms with Crippen molar-refractivity contribution in [3.8, 4) is 0 Å². The second-order valence-corrected chi connectivity index (χ2v) is 7.01. The normalized spacial score (nSPS) is 33.1. The Kier molecular flexibility index (Phi) is 2.60. The van der Waals surface area contributed by atoms with Gasteiger partial charge in [0, 0.05) is 16.4 Å². The lowest BCUT2D eigenvalue weighted by atomic mass is 9.89. The summed E-state index contributed by atoms with van der Waals surface area (Å²) in [4.78, 5) is 12.6. The third-order valence-corrected chi connectivity index (χ3v) is 5.32. The van der Waals surface area contributed by atoms with Crippen LogP contribution in [0.25, 0.3) is 0 Å². The van der Waals surface area contributed by atoms with Gasteiger partial charge in [-0.15, -0.1) is 0 Å². The molecule has 0 heterocycles. The van der Waals surface area contributed by atoms with E-state index in [-0.39, 0.29) is 16.7 Å². The molecular formula is C16H19ClO. The van der Waals surface area contributed by atoms with E-state index in [1.54, 1.807) is 0 Å². The highest BCUT2D eigenvalue weighted by Crippen LogP contribution is 2.70. The molecule has 0 N–H and O–H groups in total. The second-order valence-electron chi connectivity index (χ2n) is 6.57. The Balaban J connectivity index is 1.73. The molecule has 0 aromatic heterocycles. The van der Waals surface area contributed by atoms with Crippen molar-refractivity contribution in [3.63, 3.8) is 0 Å². The van der Waals surface area contributed by atoms with Crippen molar-refractivity contribution in [2.45, 2.75) is 39.5 Å². The first-order valence-electron chi connectivity index (χ1n) is 6.73. The average Bonchev–Trinajstić information content (AvgIpc) is 2.76. The van der Waals surface area contributed by atoms with Gasteiger partial charge in [0.25, 0.3) is 0 Å². The maximum absolute atomic E-state index is 12.6. The van der Waals surface area contributed by atoms with Crippen molar-refractivity contribution in [1.29, 1.82) is 0 Å². The predicted molar refractivity (Wildman–Crippen MR) is 73.7 cm³/mol. The van der Waals surface area contributed by atoms with Gasteiger partial charge in [-0.05, 0) is 48.8 Å². The first-order valence-corrected chi connectivity index (χ1v) is 7.11. The Hall–Kier alpha value is -0.820. The molecule has 96 valence electrons. The summed E-state index contributed by atoms with van der Waals surface area (Å²) in [5.74, 6) is 0.746. The highest BCUT2D eigenvalue weighted by Gasteiger charge is 2.68. The minimum absolute atomic E-state index is 0.0318. The predicted octanol–water partition coefficient (Wildman–Crippen LogP) is 4.28. The molecule has 2 heteroatoms. The van der Waals surface area contributed by atoms with Crippen LogP contribution in [0.5, 0.6) is 0 Å². The molecule has 2 fully saturated rings. The van der Waals surface area contributed by atoms with E-state index in [0.29, 0.717) is 5.78 Å². The highest BCUT2D eigenvalue weighted by molar-refractivity contribution is 6.30. The summed E-state index contributed by atoms with van der Waals surface area (Å²) in [6, 6.07) is 7.90. The van der Waals surface area contributed by atoms with Crippen LogP contribution in [-0.4, -0.2) is 5.78 Å². The van der Waals surface area contributed by atoms with E-state index in [4.69, 9.17) is 11.6 Å². The van der Waals surface area contributed by atoms with Crippen LogP contribution in [0.2, 0.25) is 5.02 Å². The maximum Gasteiger partial charge on any atom is 0.142 e. The molecule has 1 aromatic rings. The number of carbonyl (C=O) groups is 1. The number of Topliss-reactive ketones (excluding diaryl/α,β-unsaturated/α-hetero) is 1. The van der Waals surface area contributed by atoms with Crippen LogP contribution in [0.3, 0.4) is 0 Å². The fourth-order valence-electron chi connectivity index (χ4n) is 3.72. The number of benzene rings is 1. The van der Waals surface area contributed by atoms with E-state index in [1.807, 2.05) is 24.3 Å². The van der Waals surface area contributed by atoms with Gasteiger partial charge in [-0.25, -0.2) is 0 Å². The molecule has 18 heavy (non-hydrogen) atoms. The molecular weight excluding hydrogens is 244 g/mol. The van der Waals surface area contributed by atoms with Crippen LogP contribution >= 0.6 is 11.6 Å². The summed E-state index contributed by atoms with van der Waals surface area (Å²) < 4.78 is 0. The zero-order valence-corrected chi connectivity index (χ0v) is 11.8. The van der Waals surface area contributed by atoms with Gasteiger partial charge < -0.3 is 0 Å². The molecule has 1 nitrogen and oxygen atoms in total. The molecule has 0 saturated heterocycles. The van der Waals surface area contributed by atoms with Gasteiger partial charge >= 0.3 is 0 Å². The smallest absolute Gasteiger partial charge is 0.142 e. The number of rotatable bonds is 2. The van der Waals surface area contributed by atoms with Gasteiger partial charge in [-0.1, -0.05) is 37.6 Å². The molecule has 2 unspecified atom stereocenters. The third kappa shape index (κ3) is 1.72. The molecule has 0 aliphatic heterocycles. The van der Waals surface area contributed by atoms with Crippen LogP contribution in [0, 0.1) is 16.7 Å². The van der Waals surface area contributed by atoms with Crippen LogP contribution in [0.1, 0.15) is 38.7 Å². The second kappa shape index (κ2) is 3.84. The molecule has 2 atom stereocenters. The zero-order chi connectivity index (χ0) is 13.0. The number of carbonyl (C=O) groups excluding carboxylic acids is 1. The Morgan fingerprint density at radius 1 is 1.28 bits per heavy atom. The van der Waals surface area contributed by atoms with Crippen LogP contribution < -0.4 is 0 Å². The number of hydrogen-bond donors (Lipinski definition) is 0. The van der Waals surface area contributed by atoms with Crippen molar-refractivity contribution in [3.05, 3.63) is 34.9 Å². The van der Waals surface area contributed by atoms with E-state index in [1.165, 1.54) is 5.56 Å². The fraction of sp³-hybridized carbons (Fsp3) is 0.562. The topological polar surface area (TPSA) is 17.1 Å². The van der Waals surface area contributed by atoms with Gasteiger partial charge in [-0.2, -0.15) is 0 Å². The SMILES string of the molecule is CC1(C)CC12CCC(Cc1ccc(Cl)cc1)C2=O. The molecule has 2 aliphatic carbocycles. The van der Waals surface area contributed by atoms with E-state index in [2.05, 4.69) is 13.8 Å². The number of hydrogen-bond acceptors (Lipinski definition) is 1. The van der Waals surface area contributed by atoms with Crippen molar-refractivity contribution in [2.24, 2.45) is 16.7 Å². The zero-order valence-electron chi connectivity index (χ0n) is 11.0. The van der Waals surface area contributed by atoms with Crippen LogP contribution in [-0.2, 0) is 11.2 Å². The molecule has 2 saturated carbocycles. The summed E-state index contributed by atoms with van der Waals surface area (Å²) >= 11 is 5.88. The molecule has 0 bridgehead atoms. The molecule has 0 amide bonds. The van der Waals surface area contributed by atoms with Gasteiger partial charge in [0.15, 0.2) is 0 Å². The molecule has 1 spiro atoms. The summed E-state index contributed by atoms with van der Waals surface area (Å²) in [5, 5.41) is 0.760. The van der Waals surface area contributed by atoms with Crippen molar-refractivity contribution in [1.82, 2.24) is 0 Å². The largest absolute Gasteiger partial charge is 0.299 e. The van der Waals surface area contributed by atoms with Crippen LogP contribution in [0.15, 0.2) is 24.3 Å². The third-order valence-electron chi connectivity index (χ3n) is 5.07. The summed E-state index contributed by atoms with van der Waals surface area (Å²) in [5.41, 5.74) is 1.51. The van der Waals surface area contributed by atoms with E-state index in [9.17, 15) is 4.79 Å². The number of halogens is 1. The Labute approximate surface area is 114 Å². The molecule has 0 radical (unpaired) electrons. The fourth-order valence-corrected chi connectivity index (χ4v) is 3.85. The Bertz CT molecular complexity index is 488. The van der Waals surface area contributed by atoms with Crippen molar-refractivity contribution < 1.29 is 4.79 Å². The Morgan fingerprint density at radius 3 is 2.39 bits per heavy atom. The van der Waals surface area contributed by atoms with Crippen LogP contribution in [0.4, 0.5) is 0 Å². The van der Waals surface area contributed by atoms with E-state index in [0.717, 1.165) is 30.7 Å². The van der Waals surface area contributed by atoms with Crippen molar-refractivity contribution in [2.75, 3.05) is 0 Å². The van der Waals surface area contributed by atoms with Gasteiger partial charge in [0.2, 0.25) is 0 Å². The summed E-state index contributed by atoms with van der Waals surface area (Å²) in [7, 11) is 0. The van der Waals surface area contributed by atoms with Gasteiger partial charge in [-0.3, -0.25) is 4.79 Å². The molecule has 3 rings (SSSR count). The maximum atomic E-state index is 12.6.